The Balaban J connectivity index is 1.41. The molecule has 170 valence electrons. The number of rotatable bonds is 6. The Bertz CT molecular complexity index is 1020. The van der Waals surface area contributed by atoms with Crippen LogP contribution >= 0.6 is 0 Å². The van der Waals surface area contributed by atoms with Gasteiger partial charge in [0.1, 0.15) is 23.3 Å². The number of amides is 1. The van der Waals surface area contributed by atoms with Gasteiger partial charge in [-0.3, -0.25) is 4.79 Å². The third-order valence-corrected chi connectivity index (χ3v) is 6.07. The average molecular weight is 442 g/mol. The Hall–Kier alpha value is -3.07. The quantitative estimate of drug-likeness (QED) is 0.713. The van der Waals surface area contributed by atoms with E-state index < -0.39 is 5.82 Å². The van der Waals surface area contributed by atoms with Crippen LogP contribution in [-0.2, 0) is 11.4 Å². The van der Waals surface area contributed by atoms with Gasteiger partial charge in [0.25, 0.3) is 5.91 Å². The number of aromatic nitrogens is 2. The fraction of sp³-hybridized carbons (Fsp3) is 0.478. The van der Waals surface area contributed by atoms with Crippen molar-refractivity contribution in [1.82, 2.24) is 15.3 Å². The van der Waals surface area contributed by atoms with Crippen LogP contribution in [-0.4, -0.2) is 40.8 Å². The number of aryl methyl sites for hydroxylation is 1. The Labute approximate surface area is 186 Å². The standard InChI is InChI=1S/C23H28FN5O3/c1-13-27-18(19-11-21(32-29-19)15-4-6-16(25)7-5-15)10-20(28-13)23(30)26-12-14-3-8-17(24)22(9-14)31-2/h3,8-10,15-16,21H,4-7,11-12,25H2,1-2H3,(H,26,30)/t15-,16-,21?. The highest BCUT2D eigenvalue weighted by Crippen LogP contribution is 2.32. The molecular weight excluding hydrogens is 413 g/mol. The third-order valence-electron chi connectivity index (χ3n) is 6.07. The lowest BCUT2D eigenvalue weighted by atomic mass is 9.81. The summed E-state index contributed by atoms with van der Waals surface area (Å²) in [5, 5.41) is 7.06. The van der Waals surface area contributed by atoms with Crippen molar-refractivity contribution in [2.75, 3.05) is 7.11 Å². The van der Waals surface area contributed by atoms with Gasteiger partial charge in [-0.15, -0.1) is 0 Å². The Morgan fingerprint density at radius 1 is 1.25 bits per heavy atom. The first-order valence-corrected chi connectivity index (χ1v) is 10.9. The van der Waals surface area contributed by atoms with Gasteiger partial charge < -0.3 is 20.6 Å². The zero-order valence-electron chi connectivity index (χ0n) is 18.3. The monoisotopic (exact) mass is 441 g/mol. The second-order valence-corrected chi connectivity index (χ2v) is 8.40. The first-order valence-electron chi connectivity index (χ1n) is 10.9. The van der Waals surface area contributed by atoms with Crippen LogP contribution in [0.3, 0.4) is 0 Å². The maximum Gasteiger partial charge on any atom is 0.270 e. The number of ether oxygens (including phenoxy) is 1. The van der Waals surface area contributed by atoms with Gasteiger partial charge in [0.2, 0.25) is 0 Å². The summed E-state index contributed by atoms with van der Waals surface area (Å²) in [5.74, 6) is 0.246. The number of oxime groups is 1. The molecule has 1 aromatic carbocycles. The highest BCUT2D eigenvalue weighted by atomic mass is 19.1. The van der Waals surface area contributed by atoms with Gasteiger partial charge in [-0.1, -0.05) is 11.2 Å². The molecule has 4 rings (SSSR count). The number of hydrogen-bond acceptors (Lipinski definition) is 7. The molecule has 8 nitrogen and oxygen atoms in total. The van der Waals surface area contributed by atoms with E-state index in [9.17, 15) is 9.18 Å². The van der Waals surface area contributed by atoms with Gasteiger partial charge in [0, 0.05) is 19.0 Å². The van der Waals surface area contributed by atoms with E-state index in [0.29, 0.717) is 29.4 Å². The van der Waals surface area contributed by atoms with Crippen molar-refractivity contribution in [2.24, 2.45) is 16.8 Å². The molecule has 2 aromatic rings. The molecule has 1 atom stereocenters. The van der Waals surface area contributed by atoms with Crippen LogP contribution in [0.5, 0.6) is 5.75 Å². The molecule has 0 radical (unpaired) electrons. The highest BCUT2D eigenvalue weighted by molar-refractivity contribution is 6.01. The zero-order valence-corrected chi connectivity index (χ0v) is 18.3. The molecule has 1 amide bonds. The summed E-state index contributed by atoms with van der Waals surface area (Å²) in [6.45, 7) is 1.95. The topological polar surface area (TPSA) is 112 Å². The summed E-state index contributed by atoms with van der Waals surface area (Å²) in [6, 6.07) is 6.37. The van der Waals surface area contributed by atoms with Crippen LogP contribution in [0.15, 0.2) is 29.4 Å². The number of nitrogens with two attached hydrogens (primary N) is 1. The molecule has 1 unspecified atom stereocenters. The van der Waals surface area contributed by atoms with Crippen LogP contribution in [0, 0.1) is 18.7 Å². The van der Waals surface area contributed by atoms with Crippen molar-refractivity contribution in [2.45, 2.75) is 57.7 Å². The lowest BCUT2D eigenvalue weighted by Crippen LogP contribution is -2.32. The van der Waals surface area contributed by atoms with Gasteiger partial charge in [0.05, 0.1) is 12.8 Å². The van der Waals surface area contributed by atoms with E-state index in [1.807, 2.05) is 0 Å². The third kappa shape index (κ3) is 5.04. The molecule has 2 heterocycles. The van der Waals surface area contributed by atoms with E-state index in [0.717, 1.165) is 31.4 Å². The average Bonchev–Trinajstić information content (AvgIpc) is 3.29. The van der Waals surface area contributed by atoms with Gasteiger partial charge in [-0.2, -0.15) is 0 Å². The molecular formula is C23H28FN5O3. The zero-order chi connectivity index (χ0) is 22.7. The van der Waals surface area contributed by atoms with Crippen molar-refractivity contribution < 1.29 is 18.8 Å². The van der Waals surface area contributed by atoms with Crippen molar-refractivity contribution >= 4 is 11.6 Å². The molecule has 1 aromatic heterocycles. The van der Waals surface area contributed by atoms with E-state index in [2.05, 4.69) is 20.4 Å². The lowest BCUT2D eigenvalue weighted by molar-refractivity contribution is 0.0249. The van der Waals surface area contributed by atoms with Crippen molar-refractivity contribution in [3.8, 4) is 5.75 Å². The minimum Gasteiger partial charge on any atom is -0.494 e. The molecule has 0 spiro atoms. The summed E-state index contributed by atoms with van der Waals surface area (Å²) in [4.78, 5) is 27.2. The van der Waals surface area contributed by atoms with E-state index >= 15 is 0 Å². The molecule has 1 aliphatic carbocycles. The molecule has 3 N–H and O–H groups in total. The van der Waals surface area contributed by atoms with Crippen molar-refractivity contribution in [3.63, 3.8) is 0 Å². The number of halogens is 1. The second-order valence-electron chi connectivity index (χ2n) is 8.40. The van der Waals surface area contributed by atoms with Crippen molar-refractivity contribution in [3.05, 3.63) is 52.9 Å². The van der Waals surface area contributed by atoms with Crippen molar-refractivity contribution in [1.29, 1.82) is 0 Å². The summed E-state index contributed by atoms with van der Waals surface area (Å²) >= 11 is 0. The fourth-order valence-corrected chi connectivity index (χ4v) is 4.24. The first kappa shape index (κ1) is 22.1. The number of methoxy groups -OCH3 is 1. The number of hydrogen-bond donors (Lipinski definition) is 2. The minimum absolute atomic E-state index is 0.0264. The van der Waals surface area contributed by atoms with Crippen LogP contribution in [0.25, 0.3) is 0 Å². The largest absolute Gasteiger partial charge is 0.494 e. The van der Waals surface area contributed by atoms with E-state index in [1.54, 1.807) is 25.1 Å². The Kier molecular flexibility index (Phi) is 6.64. The molecule has 1 aliphatic heterocycles. The lowest BCUT2D eigenvalue weighted by Gasteiger charge is -2.28. The van der Waals surface area contributed by atoms with Gasteiger partial charge in [-0.05, 0) is 62.3 Å². The van der Waals surface area contributed by atoms with E-state index in [1.165, 1.54) is 13.2 Å². The molecule has 32 heavy (non-hydrogen) atoms. The normalized spacial score (nSPS) is 22.8. The molecule has 0 saturated heterocycles. The number of carbonyl (C=O) groups excluding carboxylic acids is 1. The molecule has 9 heteroatoms. The SMILES string of the molecule is COc1cc(CNC(=O)c2cc(C3=NOC([C@H]4CC[C@H](N)CC4)C3)nc(C)n2)ccc1F. The summed E-state index contributed by atoms with van der Waals surface area (Å²) < 4.78 is 18.6. The predicted molar refractivity (Wildman–Crippen MR) is 117 cm³/mol. The van der Waals surface area contributed by atoms with Crippen LogP contribution in [0.1, 0.15) is 59.7 Å². The molecule has 2 aliphatic rings. The maximum atomic E-state index is 13.6. The number of nitrogens with zero attached hydrogens (tertiary/aromatic N) is 3. The second kappa shape index (κ2) is 9.60. The van der Waals surface area contributed by atoms with Crippen LogP contribution in [0.2, 0.25) is 0 Å². The van der Waals surface area contributed by atoms with Gasteiger partial charge in [-0.25, -0.2) is 14.4 Å². The first-order chi connectivity index (χ1) is 15.4. The van der Waals surface area contributed by atoms with E-state index in [-0.39, 0.29) is 36.0 Å². The predicted octanol–water partition coefficient (Wildman–Crippen LogP) is 2.87. The maximum absolute atomic E-state index is 13.6. The Morgan fingerprint density at radius 3 is 2.78 bits per heavy atom. The summed E-state index contributed by atoms with van der Waals surface area (Å²) in [6.07, 6.45) is 4.79. The summed E-state index contributed by atoms with van der Waals surface area (Å²) in [5.41, 5.74) is 8.30. The smallest absolute Gasteiger partial charge is 0.270 e. The number of carbonyl (C=O) groups is 1. The summed E-state index contributed by atoms with van der Waals surface area (Å²) in [7, 11) is 1.40. The van der Waals surface area contributed by atoms with Gasteiger partial charge in [0.15, 0.2) is 11.6 Å². The van der Waals surface area contributed by atoms with Gasteiger partial charge >= 0.3 is 0 Å². The molecule has 0 bridgehead atoms. The highest BCUT2D eigenvalue weighted by Gasteiger charge is 2.33. The number of benzene rings is 1. The minimum atomic E-state index is -0.451. The van der Waals surface area contributed by atoms with Crippen LogP contribution in [0.4, 0.5) is 4.39 Å². The fourth-order valence-electron chi connectivity index (χ4n) is 4.24. The Morgan fingerprint density at radius 2 is 2.03 bits per heavy atom. The molecule has 1 saturated carbocycles. The molecule has 1 fully saturated rings. The van der Waals surface area contributed by atoms with Crippen LogP contribution < -0.4 is 15.8 Å². The number of nitrogens with one attached hydrogen (secondary N) is 1. The van der Waals surface area contributed by atoms with E-state index in [4.69, 9.17) is 15.3 Å².